The smallest absolute Gasteiger partial charge is 0.337 e. The molecule has 0 N–H and O–H groups in total. The highest BCUT2D eigenvalue weighted by Crippen LogP contribution is 2.29. The van der Waals surface area contributed by atoms with Crippen molar-refractivity contribution in [1.82, 2.24) is 0 Å². The third kappa shape index (κ3) is 3.38. The number of rotatable bonds is 3. The summed E-state index contributed by atoms with van der Waals surface area (Å²) in [6, 6.07) is 9.75. The summed E-state index contributed by atoms with van der Waals surface area (Å²) in [5.41, 5.74) is 1.03. The first-order chi connectivity index (χ1) is 9.00. The Bertz CT molecular complexity index is 535. The second-order valence-corrected chi connectivity index (χ2v) is 4.87. The number of terminal acetylenes is 1. The molecule has 0 fully saturated rings. The van der Waals surface area contributed by atoms with Gasteiger partial charge >= 0.3 is 5.97 Å². The Morgan fingerprint density at radius 2 is 1.95 bits per heavy atom. The van der Waals surface area contributed by atoms with Crippen molar-refractivity contribution in [2.45, 2.75) is 32.0 Å². The molecular formula is C16H16O3. The summed E-state index contributed by atoms with van der Waals surface area (Å²) in [5, 5.41) is 0. The van der Waals surface area contributed by atoms with Crippen molar-refractivity contribution in [2.24, 2.45) is 0 Å². The van der Waals surface area contributed by atoms with Gasteiger partial charge in [-0.2, -0.15) is 0 Å². The quantitative estimate of drug-likeness (QED) is 0.616. The summed E-state index contributed by atoms with van der Waals surface area (Å²) in [6.07, 6.45) is 7.42. The van der Waals surface area contributed by atoms with Crippen LogP contribution >= 0.6 is 0 Å². The molecule has 2 rings (SSSR count). The minimum Gasteiger partial charge on any atom is -0.457 e. The lowest BCUT2D eigenvalue weighted by atomic mass is 9.95. The Kier molecular flexibility index (Phi) is 3.62. The zero-order valence-electron chi connectivity index (χ0n) is 11.1. The maximum atomic E-state index is 11.5. The molecule has 3 heteroatoms. The first-order valence-electron chi connectivity index (χ1n) is 6.14. The second kappa shape index (κ2) is 5.19. The Morgan fingerprint density at radius 3 is 2.53 bits per heavy atom. The average molecular weight is 256 g/mol. The highest BCUT2D eigenvalue weighted by Gasteiger charge is 2.30. The summed E-state index contributed by atoms with van der Waals surface area (Å²) in [4.78, 5) is 11.5. The van der Waals surface area contributed by atoms with Gasteiger partial charge in [-0.05, 0) is 5.56 Å². The van der Waals surface area contributed by atoms with E-state index in [0.717, 1.165) is 5.56 Å². The molecule has 1 aromatic rings. The normalized spacial score (nSPS) is 18.6. The van der Waals surface area contributed by atoms with Gasteiger partial charge in [0, 0.05) is 20.3 Å². The Hall–Kier alpha value is -2.21. The van der Waals surface area contributed by atoms with Crippen LogP contribution in [0.15, 0.2) is 42.2 Å². The van der Waals surface area contributed by atoms with E-state index in [-0.39, 0.29) is 5.92 Å². The van der Waals surface area contributed by atoms with Gasteiger partial charge in [0.2, 0.25) is 5.79 Å². The molecule has 1 atom stereocenters. The van der Waals surface area contributed by atoms with Crippen LogP contribution in [0.3, 0.4) is 0 Å². The molecule has 1 heterocycles. The number of esters is 1. The average Bonchev–Trinajstić information content (AvgIpc) is 2.34. The largest absolute Gasteiger partial charge is 0.457 e. The number of hydrogen-bond acceptors (Lipinski definition) is 3. The van der Waals surface area contributed by atoms with Crippen molar-refractivity contribution in [2.75, 3.05) is 0 Å². The molecule has 0 aliphatic carbocycles. The van der Waals surface area contributed by atoms with Crippen LogP contribution in [0.25, 0.3) is 0 Å². The Labute approximate surface area is 113 Å². The minimum absolute atomic E-state index is 0.117. The highest BCUT2D eigenvalue weighted by atomic mass is 16.7. The number of ether oxygens (including phenoxy) is 2. The lowest BCUT2D eigenvalue weighted by Gasteiger charge is -2.31. The zero-order valence-corrected chi connectivity index (χ0v) is 11.1. The molecular weight excluding hydrogens is 240 g/mol. The standard InChI is InChI=1S/C16H16O3/c1-4-12(13-8-6-5-7-9-13)10-14-11-15(17)19-16(2,3)18-14/h1,5-9,11-12H,10H2,2-3H3/t12-/m0/s1. The summed E-state index contributed by atoms with van der Waals surface area (Å²) in [7, 11) is 0. The van der Waals surface area contributed by atoms with Crippen molar-refractivity contribution in [3.05, 3.63) is 47.7 Å². The number of benzene rings is 1. The molecule has 0 saturated carbocycles. The fraction of sp³-hybridized carbons (Fsp3) is 0.312. The van der Waals surface area contributed by atoms with Gasteiger partial charge in [0.1, 0.15) is 5.76 Å². The molecule has 98 valence electrons. The molecule has 0 aromatic heterocycles. The zero-order chi connectivity index (χ0) is 13.9. The van der Waals surface area contributed by atoms with Gasteiger partial charge in [-0.3, -0.25) is 0 Å². The monoisotopic (exact) mass is 256 g/mol. The number of carbonyl (C=O) groups is 1. The van der Waals surface area contributed by atoms with Gasteiger partial charge in [-0.15, -0.1) is 6.42 Å². The van der Waals surface area contributed by atoms with Crippen molar-refractivity contribution in [3.8, 4) is 12.3 Å². The molecule has 0 unspecified atom stereocenters. The molecule has 0 spiro atoms. The van der Waals surface area contributed by atoms with Crippen molar-refractivity contribution >= 4 is 5.97 Å². The van der Waals surface area contributed by atoms with Crippen LogP contribution < -0.4 is 0 Å². The van der Waals surface area contributed by atoms with E-state index in [0.29, 0.717) is 12.2 Å². The summed E-state index contributed by atoms with van der Waals surface area (Å²) in [6.45, 7) is 3.40. The van der Waals surface area contributed by atoms with E-state index in [1.165, 1.54) is 6.08 Å². The molecule has 0 radical (unpaired) electrons. The lowest BCUT2D eigenvalue weighted by Crippen LogP contribution is -2.34. The number of cyclic esters (lactones) is 1. The fourth-order valence-corrected chi connectivity index (χ4v) is 2.03. The maximum absolute atomic E-state index is 11.5. The minimum atomic E-state index is -0.934. The van der Waals surface area contributed by atoms with E-state index < -0.39 is 11.8 Å². The number of carbonyl (C=O) groups excluding carboxylic acids is 1. The predicted molar refractivity (Wildman–Crippen MR) is 72.0 cm³/mol. The predicted octanol–water partition coefficient (Wildman–Crippen LogP) is 2.99. The maximum Gasteiger partial charge on any atom is 0.337 e. The Morgan fingerprint density at radius 1 is 1.26 bits per heavy atom. The SMILES string of the molecule is C#C[C@@H](CC1=CC(=O)OC(C)(C)O1)c1ccccc1. The molecule has 0 amide bonds. The van der Waals surface area contributed by atoms with Gasteiger partial charge < -0.3 is 9.47 Å². The van der Waals surface area contributed by atoms with Gasteiger partial charge in [0.15, 0.2) is 0 Å². The van der Waals surface area contributed by atoms with E-state index in [4.69, 9.17) is 15.9 Å². The topological polar surface area (TPSA) is 35.5 Å². The first kappa shape index (κ1) is 13.2. The van der Waals surface area contributed by atoms with Crippen molar-refractivity contribution in [1.29, 1.82) is 0 Å². The summed E-state index contributed by atoms with van der Waals surface area (Å²) >= 11 is 0. The van der Waals surface area contributed by atoms with Crippen LogP contribution in [0.2, 0.25) is 0 Å². The van der Waals surface area contributed by atoms with Gasteiger partial charge in [-0.1, -0.05) is 36.3 Å². The molecule has 0 bridgehead atoms. The van der Waals surface area contributed by atoms with E-state index >= 15 is 0 Å². The van der Waals surface area contributed by atoms with Crippen molar-refractivity contribution in [3.63, 3.8) is 0 Å². The van der Waals surface area contributed by atoms with Crippen molar-refractivity contribution < 1.29 is 14.3 Å². The van der Waals surface area contributed by atoms with E-state index in [1.807, 2.05) is 30.3 Å². The van der Waals surface area contributed by atoms with Crippen LogP contribution in [0.1, 0.15) is 31.7 Å². The summed E-state index contributed by atoms with van der Waals surface area (Å²) in [5.74, 6) is 1.85. The third-order valence-corrected chi connectivity index (χ3v) is 2.81. The van der Waals surface area contributed by atoms with Crippen LogP contribution in [0.5, 0.6) is 0 Å². The molecule has 1 aliphatic heterocycles. The van der Waals surface area contributed by atoms with E-state index in [2.05, 4.69) is 5.92 Å². The third-order valence-electron chi connectivity index (χ3n) is 2.81. The highest BCUT2D eigenvalue weighted by molar-refractivity contribution is 5.83. The van der Waals surface area contributed by atoms with Crippen LogP contribution in [-0.4, -0.2) is 11.8 Å². The molecule has 1 aromatic carbocycles. The van der Waals surface area contributed by atoms with Gasteiger partial charge in [0.05, 0.1) is 12.0 Å². The van der Waals surface area contributed by atoms with E-state index in [9.17, 15) is 4.79 Å². The van der Waals surface area contributed by atoms with Gasteiger partial charge in [0.25, 0.3) is 0 Å². The molecule has 3 nitrogen and oxygen atoms in total. The van der Waals surface area contributed by atoms with Crippen LogP contribution in [0, 0.1) is 12.3 Å². The summed E-state index contributed by atoms with van der Waals surface area (Å²) < 4.78 is 10.7. The van der Waals surface area contributed by atoms with E-state index in [1.54, 1.807) is 13.8 Å². The van der Waals surface area contributed by atoms with Crippen LogP contribution in [-0.2, 0) is 14.3 Å². The number of allylic oxidation sites excluding steroid dienone is 1. The number of hydrogen-bond donors (Lipinski definition) is 0. The van der Waals surface area contributed by atoms with Crippen LogP contribution in [0.4, 0.5) is 0 Å². The first-order valence-corrected chi connectivity index (χ1v) is 6.14. The lowest BCUT2D eigenvalue weighted by molar-refractivity contribution is -0.206. The molecule has 0 saturated heterocycles. The Balaban J connectivity index is 2.16. The molecule has 1 aliphatic rings. The molecule has 19 heavy (non-hydrogen) atoms. The fourth-order valence-electron chi connectivity index (χ4n) is 2.03. The van der Waals surface area contributed by atoms with Gasteiger partial charge in [-0.25, -0.2) is 4.79 Å². The second-order valence-electron chi connectivity index (χ2n) is 4.87.